The van der Waals surface area contributed by atoms with Gasteiger partial charge in [-0.25, -0.2) is 0 Å². The van der Waals surface area contributed by atoms with Gasteiger partial charge in [0.1, 0.15) is 11.2 Å². The highest BCUT2D eigenvalue weighted by Crippen LogP contribution is 2.45. The lowest BCUT2D eigenvalue weighted by Gasteiger charge is -2.28. The Bertz CT molecular complexity index is 2940. The molecule has 0 atom stereocenters. The predicted molar refractivity (Wildman–Crippen MR) is 236 cm³/mol. The van der Waals surface area contributed by atoms with E-state index in [9.17, 15) is 0 Å². The van der Waals surface area contributed by atoms with Crippen molar-refractivity contribution in [3.05, 3.63) is 224 Å². The number of hydrogen-bond donors (Lipinski definition) is 0. The fraction of sp³-hybridized carbons (Fsp3) is 0. The van der Waals surface area contributed by atoms with Gasteiger partial charge in [-0.1, -0.05) is 176 Å². The van der Waals surface area contributed by atoms with Crippen LogP contribution in [0, 0.1) is 0 Å². The fourth-order valence-corrected chi connectivity index (χ4v) is 8.00. The van der Waals surface area contributed by atoms with Gasteiger partial charge >= 0.3 is 0 Å². The standard InChI is InChI=1S/C54H37NO/c1-3-15-38(16-4-1)39-27-29-41(30-28-39)45-19-7-8-20-46(45)47-21-9-10-22-48(47)49-23-11-13-25-52(49)55(43-17-5-2-6-18-43)44-34-31-40(32-35-44)42-33-36-51-50-24-12-14-26-53(50)56-54(51)37-42/h1-37H. The molecule has 0 aliphatic heterocycles. The molecule has 0 N–H and O–H groups in total. The summed E-state index contributed by atoms with van der Waals surface area (Å²) in [7, 11) is 0. The van der Waals surface area contributed by atoms with E-state index in [4.69, 9.17) is 4.42 Å². The zero-order chi connectivity index (χ0) is 37.3. The van der Waals surface area contributed by atoms with E-state index in [-0.39, 0.29) is 0 Å². The van der Waals surface area contributed by atoms with Crippen LogP contribution in [0.4, 0.5) is 17.1 Å². The first kappa shape index (κ1) is 33.2. The lowest BCUT2D eigenvalue weighted by molar-refractivity contribution is 0.669. The molecule has 0 unspecified atom stereocenters. The molecule has 1 heterocycles. The number of fused-ring (bicyclic) bond motifs is 3. The summed E-state index contributed by atoms with van der Waals surface area (Å²) >= 11 is 0. The van der Waals surface area contributed by atoms with E-state index in [0.717, 1.165) is 55.7 Å². The molecule has 9 aromatic carbocycles. The Morgan fingerprint density at radius 2 is 0.714 bits per heavy atom. The molecule has 0 fully saturated rings. The van der Waals surface area contributed by atoms with Gasteiger partial charge < -0.3 is 9.32 Å². The topological polar surface area (TPSA) is 16.4 Å². The molecule has 0 saturated heterocycles. The van der Waals surface area contributed by atoms with Crippen molar-refractivity contribution in [2.75, 3.05) is 4.90 Å². The summed E-state index contributed by atoms with van der Waals surface area (Å²) < 4.78 is 6.23. The first-order chi connectivity index (χ1) is 27.8. The maximum absolute atomic E-state index is 6.23. The second kappa shape index (κ2) is 14.4. The molecule has 0 spiro atoms. The molecule has 0 saturated carbocycles. The Balaban J connectivity index is 1.05. The van der Waals surface area contributed by atoms with Gasteiger partial charge in [-0.3, -0.25) is 0 Å². The summed E-state index contributed by atoms with van der Waals surface area (Å²) in [4.78, 5) is 2.37. The fourth-order valence-electron chi connectivity index (χ4n) is 8.00. The molecule has 264 valence electrons. The molecule has 0 bridgehead atoms. The molecule has 2 nitrogen and oxygen atoms in total. The molecule has 0 amide bonds. The van der Waals surface area contributed by atoms with E-state index in [0.29, 0.717) is 0 Å². The second-order valence-electron chi connectivity index (χ2n) is 14.1. The van der Waals surface area contributed by atoms with E-state index in [1.807, 2.05) is 12.1 Å². The maximum Gasteiger partial charge on any atom is 0.136 e. The smallest absolute Gasteiger partial charge is 0.136 e. The van der Waals surface area contributed by atoms with Crippen molar-refractivity contribution in [2.24, 2.45) is 0 Å². The number of nitrogens with zero attached hydrogens (tertiary/aromatic N) is 1. The number of furan rings is 1. The van der Waals surface area contributed by atoms with Crippen LogP contribution in [0.15, 0.2) is 229 Å². The van der Waals surface area contributed by atoms with Gasteiger partial charge in [0.25, 0.3) is 0 Å². The van der Waals surface area contributed by atoms with E-state index < -0.39 is 0 Å². The van der Waals surface area contributed by atoms with Crippen LogP contribution < -0.4 is 4.90 Å². The van der Waals surface area contributed by atoms with E-state index in [1.54, 1.807) is 0 Å². The highest BCUT2D eigenvalue weighted by Gasteiger charge is 2.20. The van der Waals surface area contributed by atoms with Crippen LogP contribution >= 0.6 is 0 Å². The largest absolute Gasteiger partial charge is 0.456 e. The van der Waals surface area contributed by atoms with Gasteiger partial charge in [0, 0.05) is 27.7 Å². The van der Waals surface area contributed by atoms with Gasteiger partial charge in [0.2, 0.25) is 0 Å². The van der Waals surface area contributed by atoms with Crippen molar-refractivity contribution in [2.45, 2.75) is 0 Å². The Hall–Kier alpha value is -7.42. The molecule has 10 rings (SSSR count). The van der Waals surface area contributed by atoms with Crippen molar-refractivity contribution in [1.29, 1.82) is 0 Å². The quantitative estimate of drug-likeness (QED) is 0.156. The molecule has 0 aliphatic carbocycles. The van der Waals surface area contributed by atoms with Crippen molar-refractivity contribution in [3.8, 4) is 55.6 Å². The summed E-state index contributed by atoms with van der Waals surface area (Å²) in [5.41, 5.74) is 16.9. The third kappa shape index (κ3) is 6.14. The molecular weight excluding hydrogens is 679 g/mol. The zero-order valence-corrected chi connectivity index (χ0v) is 30.7. The lowest BCUT2D eigenvalue weighted by Crippen LogP contribution is -2.11. The average Bonchev–Trinajstić information content (AvgIpc) is 3.66. The third-order valence-corrected chi connectivity index (χ3v) is 10.7. The normalized spacial score (nSPS) is 11.2. The van der Waals surface area contributed by atoms with Crippen LogP contribution in [-0.4, -0.2) is 0 Å². The lowest BCUT2D eigenvalue weighted by atomic mass is 9.88. The Morgan fingerprint density at radius 1 is 0.268 bits per heavy atom. The summed E-state index contributed by atoms with van der Waals surface area (Å²) in [6, 6.07) is 80.1. The number of para-hydroxylation sites is 3. The average molecular weight is 716 g/mol. The molecule has 2 heteroatoms. The summed E-state index contributed by atoms with van der Waals surface area (Å²) in [5.74, 6) is 0. The van der Waals surface area contributed by atoms with Crippen LogP contribution in [0.3, 0.4) is 0 Å². The summed E-state index contributed by atoms with van der Waals surface area (Å²) in [5, 5.41) is 2.28. The van der Waals surface area contributed by atoms with Gasteiger partial charge in [0.05, 0.1) is 5.69 Å². The summed E-state index contributed by atoms with van der Waals surface area (Å²) in [6.45, 7) is 0. The number of rotatable bonds is 8. The van der Waals surface area contributed by atoms with Crippen LogP contribution in [0.25, 0.3) is 77.6 Å². The Morgan fingerprint density at radius 3 is 1.45 bits per heavy atom. The second-order valence-corrected chi connectivity index (χ2v) is 14.1. The van der Waals surface area contributed by atoms with Crippen molar-refractivity contribution in [1.82, 2.24) is 0 Å². The predicted octanol–water partition coefficient (Wildman–Crippen LogP) is 15.4. The minimum absolute atomic E-state index is 0.900. The van der Waals surface area contributed by atoms with Crippen molar-refractivity contribution in [3.63, 3.8) is 0 Å². The Labute approximate surface area is 327 Å². The summed E-state index contributed by atoms with van der Waals surface area (Å²) in [6.07, 6.45) is 0. The van der Waals surface area contributed by atoms with E-state index >= 15 is 0 Å². The van der Waals surface area contributed by atoms with Gasteiger partial charge in [-0.15, -0.1) is 0 Å². The number of anilines is 3. The molecule has 1 aromatic heterocycles. The number of benzene rings is 9. The first-order valence-corrected chi connectivity index (χ1v) is 19.1. The van der Waals surface area contributed by atoms with Crippen LogP contribution in [0.1, 0.15) is 0 Å². The molecule has 10 aromatic rings. The molecule has 0 aliphatic rings. The molecular formula is C54H37NO. The first-order valence-electron chi connectivity index (χ1n) is 19.1. The number of hydrogen-bond acceptors (Lipinski definition) is 2. The minimum Gasteiger partial charge on any atom is -0.456 e. The molecule has 56 heavy (non-hydrogen) atoms. The van der Waals surface area contributed by atoms with Crippen molar-refractivity contribution < 1.29 is 4.42 Å². The van der Waals surface area contributed by atoms with E-state index in [2.05, 4.69) is 217 Å². The monoisotopic (exact) mass is 715 g/mol. The molecule has 0 radical (unpaired) electrons. The van der Waals surface area contributed by atoms with Crippen LogP contribution in [-0.2, 0) is 0 Å². The highest BCUT2D eigenvalue weighted by atomic mass is 16.3. The third-order valence-electron chi connectivity index (χ3n) is 10.7. The SMILES string of the molecule is c1ccc(-c2ccc(-c3ccccc3-c3ccccc3-c3ccccc3N(c3ccccc3)c3ccc(-c4ccc5c(c4)oc4ccccc45)cc3)cc2)cc1. The van der Waals surface area contributed by atoms with Gasteiger partial charge in [-0.05, 0) is 98.6 Å². The zero-order valence-electron chi connectivity index (χ0n) is 30.7. The van der Waals surface area contributed by atoms with Crippen molar-refractivity contribution >= 4 is 39.0 Å². The minimum atomic E-state index is 0.900. The highest BCUT2D eigenvalue weighted by molar-refractivity contribution is 6.06. The van der Waals surface area contributed by atoms with E-state index in [1.165, 1.54) is 38.9 Å². The Kier molecular flexibility index (Phi) is 8.55. The van der Waals surface area contributed by atoms with Crippen LogP contribution in [0.2, 0.25) is 0 Å². The van der Waals surface area contributed by atoms with Gasteiger partial charge in [0.15, 0.2) is 0 Å². The maximum atomic E-state index is 6.23. The van der Waals surface area contributed by atoms with Gasteiger partial charge in [-0.2, -0.15) is 0 Å². The van der Waals surface area contributed by atoms with Crippen LogP contribution in [0.5, 0.6) is 0 Å².